The third kappa shape index (κ3) is 3.55. The molecule has 6 heteroatoms. The van der Waals surface area contributed by atoms with E-state index in [0.29, 0.717) is 11.6 Å². The Bertz CT molecular complexity index is 712. The third-order valence-electron chi connectivity index (χ3n) is 2.74. The van der Waals surface area contributed by atoms with E-state index in [9.17, 15) is 8.42 Å². The molecule has 1 heterocycles. The van der Waals surface area contributed by atoms with Crippen LogP contribution >= 0.6 is 0 Å². The highest BCUT2D eigenvalue weighted by atomic mass is 32.2. The maximum absolute atomic E-state index is 11.5. The van der Waals surface area contributed by atoms with Crippen LogP contribution in [-0.4, -0.2) is 19.7 Å². The summed E-state index contributed by atoms with van der Waals surface area (Å²) in [6, 6.07) is 9.71. The van der Waals surface area contributed by atoms with Gasteiger partial charge in [0.15, 0.2) is 9.84 Å². The molecule has 0 bridgehead atoms. The average molecular weight is 292 g/mol. The first kappa shape index (κ1) is 14.5. The SMILES string of the molecule is CC(N)c1ccnc(Oc2cccc(S(C)(=O)=O)c2)c1. The van der Waals surface area contributed by atoms with Crippen LogP contribution in [0.15, 0.2) is 47.5 Å². The van der Waals surface area contributed by atoms with E-state index in [4.69, 9.17) is 10.5 Å². The predicted octanol–water partition coefficient (Wildman–Crippen LogP) is 2.30. The van der Waals surface area contributed by atoms with Gasteiger partial charge in [-0.1, -0.05) is 6.07 Å². The second-order valence-corrected chi connectivity index (χ2v) is 6.58. The molecule has 0 amide bonds. The first-order chi connectivity index (χ1) is 9.36. The Morgan fingerprint density at radius 3 is 2.65 bits per heavy atom. The number of hydrogen-bond donors (Lipinski definition) is 1. The Balaban J connectivity index is 2.29. The van der Waals surface area contributed by atoms with Gasteiger partial charge < -0.3 is 10.5 Å². The molecule has 1 unspecified atom stereocenters. The standard InChI is InChI=1S/C14H16N2O3S/c1-10(15)11-6-7-16-14(8-11)19-12-4-3-5-13(9-12)20(2,17)18/h3-10H,15H2,1-2H3. The van der Waals surface area contributed by atoms with Gasteiger partial charge in [-0.3, -0.25) is 0 Å². The molecule has 1 atom stereocenters. The zero-order valence-corrected chi connectivity index (χ0v) is 12.1. The van der Waals surface area contributed by atoms with Crippen LogP contribution in [0, 0.1) is 0 Å². The van der Waals surface area contributed by atoms with E-state index in [1.165, 1.54) is 12.1 Å². The highest BCUT2D eigenvalue weighted by molar-refractivity contribution is 7.90. The van der Waals surface area contributed by atoms with Gasteiger partial charge in [-0.15, -0.1) is 0 Å². The maximum atomic E-state index is 11.5. The summed E-state index contributed by atoms with van der Waals surface area (Å²) >= 11 is 0. The average Bonchev–Trinajstić information content (AvgIpc) is 2.38. The molecule has 2 N–H and O–H groups in total. The molecule has 0 radical (unpaired) electrons. The van der Waals surface area contributed by atoms with Crippen molar-refractivity contribution in [3.63, 3.8) is 0 Å². The molecule has 0 fully saturated rings. The quantitative estimate of drug-likeness (QED) is 0.935. The van der Waals surface area contributed by atoms with Crippen LogP contribution in [0.5, 0.6) is 11.6 Å². The molecule has 0 saturated carbocycles. The summed E-state index contributed by atoms with van der Waals surface area (Å²) in [6.45, 7) is 1.86. The molecular weight excluding hydrogens is 276 g/mol. The lowest BCUT2D eigenvalue weighted by atomic mass is 10.1. The van der Waals surface area contributed by atoms with Crippen molar-refractivity contribution in [2.75, 3.05) is 6.26 Å². The van der Waals surface area contributed by atoms with Crippen LogP contribution in [0.3, 0.4) is 0 Å². The van der Waals surface area contributed by atoms with Crippen LogP contribution in [0.25, 0.3) is 0 Å². The number of pyridine rings is 1. The molecule has 20 heavy (non-hydrogen) atoms. The normalized spacial score (nSPS) is 12.9. The molecule has 1 aromatic carbocycles. The Labute approximate surface area is 118 Å². The fourth-order valence-corrected chi connectivity index (χ4v) is 2.31. The van der Waals surface area contributed by atoms with Gasteiger partial charge in [0.25, 0.3) is 0 Å². The fraction of sp³-hybridized carbons (Fsp3) is 0.214. The lowest BCUT2D eigenvalue weighted by Crippen LogP contribution is -2.05. The number of benzene rings is 1. The van der Waals surface area contributed by atoms with Crippen molar-refractivity contribution in [2.45, 2.75) is 17.9 Å². The van der Waals surface area contributed by atoms with Crippen LogP contribution in [0.1, 0.15) is 18.5 Å². The van der Waals surface area contributed by atoms with E-state index in [0.717, 1.165) is 11.8 Å². The smallest absolute Gasteiger partial charge is 0.219 e. The number of rotatable bonds is 4. The predicted molar refractivity (Wildman–Crippen MR) is 76.5 cm³/mol. The lowest BCUT2D eigenvalue weighted by molar-refractivity contribution is 0.460. The summed E-state index contributed by atoms with van der Waals surface area (Å²) < 4.78 is 28.6. The molecule has 1 aromatic heterocycles. The molecule has 106 valence electrons. The number of hydrogen-bond acceptors (Lipinski definition) is 5. The number of sulfone groups is 1. The summed E-state index contributed by atoms with van der Waals surface area (Å²) in [4.78, 5) is 4.29. The van der Waals surface area contributed by atoms with E-state index in [1.807, 2.05) is 13.0 Å². The zero-order valence-electron chi connectivity index (χ0n) is 11.3. The summed E-state index contributed by atoms with van der Waals surface area (Å²) in [7, 11) is -3.26. The first-order valence-corrected chi connectivity index (χ1v) is 7.95. The van der Waals surface area contributed by atoms with Gasteiger partial charge in [0.1, 0.15) is 5.75 Å². The fourth-order valence-electron chi connectivity index (χ4n) is 1.65. The molecular formula is C14H16N2O3S. The molecule has 0 saturated heterocycles. The van der Waals surface area contributed by atoms with Crippen LogP contribution in [-0.2, 0) is 9.84 Å². The van der Waals surface area contributed by atoms with Gasteiger partial charge in [0, 0.05) is 24.6 Å². The topological polar surface area (TPSA) is 82.3 Å². The number of ether oxygens (including phenoxy) is 1. The van der Waals surface area contributed by atoms with Crippen molar-refractivity contribution in [2.24, 2.45) is 5.73 Å². The van der Waals surface area contributed by atoms with E-state index >= 15 is 0 Å². The minimum absolute atomic E-state index is 0.122. The molecule has 2 aromatic rings. The third-order valence-corrected chi connectivity index (χ3v) is 3.85. The lowest BCUT2D eigenvalue weighted by Gasteiger charge is -2.09. The summed E-state index contributed by atoms with van der Waals surface area (Å²) in [5.74, 6) is 0.799. The Hall–Kier alpha value is -1.92. The Morgan fingerprint density at radius 2 is 2.00 bits per heavy atom. The number of nitrogens with two attached hydrogens (primary N) is 1. The van der Waals surface area contributed by atoms with E-state index < -0.39 is 9.84 Å². The van der Waals surface area contributed by atoms with Gasteiger partial charge in [-0.25, -0.2) is 13.4 Å². The van der Waals surface area contributed by atoms with E-state index in [1.54, 1.807) is 24.4 Å². The second kappa shape index (κ2) is 5.60. The van der Waals surface area contributed by atoms with Crippen LogP contribution < -0.4 is 10.5 Å². The van der Waals surface area contributed by atoms with E-state index in [2.05, 4.69) is 4.98 Å². The molecule has 0 aliphatic rings. The highest BCUT2D eigenvalue weighted by Crippen LogP contribution is 2.24. The van der Waals surface area contributed by atoms with E-state index in [-0.39, 0.29) is 10.9 Å². The molecule has 5 nitrogen and oxygen atoms in total. The molecule has 0 spiro atoms. The number of aromatic nitrogens is 1. The van der Waals surface area contributed by atoms with Crippen LogP contribution in [0.2, 0.25) is 0 Å². The van der Waals surface area contributed by atoms with Crippen molar-refractivity contribution in [3.8, 4) is 11.6 Å². The van der Waals surface area contributed by atoms with Gasteiger partial charge in [0.05, 0.1) is 4.90 Å². The van der Waals surface area contributed by atoms with Gasteiger partial charge >= 0.3 is 0 Å². The van der Waals surface area contributed by atoms with Gasteiger partial charge in [-0.2, -0.15) is 0 Å². The Kier molecular flexibility index (Phi) is 4.06. The van der Waals surface area contributed by atoms with Gasteiger partial charge in [0.2, 0.25) is 5.88 Å². The van der Waals surface area contributed by atoms with Crippen molar-refractivity contribution in [1.29, 1.82) is 0 Å². The zero-order chi connectivity index (χ0) is 14.8. The summed E-state index contributed by atoms with van der Waals surface area (Å²) in [5.41, 5.74) is 6.69. The maximum Gasteiger partial charge on any atom is 0.219 e. The summed E-state index contributed by atoms with van der Waals surface area (Å²) in [5, 5.41) is 0. The van der Waals surface area contributed by atoms with Crippen LogP contribution in [0.4, 0.5) is 0 Å². The minimum atomic E-state index is -3.26. The van der Waals surface area contributed by atoms with Crippen molar-refractivity contribution in [1.82, 2.24) is 4.98 Å². The molecule has 2 rings (SSSR count). The highest BCUT2D eigenvalue weighted by Gasteiger charge is 2.09. The Morgan fingerprint density at radius 1 is 1.25 bits per heavy atom. The van der Waals surface area contributed by atoms with Crippen molar-refractivity contribution in [3.05, 3.63) is 48.2 Å². The molecule has 0 aliphatic carbocycles. The first-order valence-electron chi connectivity index (χ1n) is 6.06. The molecule has 0 aliphatic heterocycles. The summed E-state index contributed by atoms with van der Waals surface area (Å²) in [6.07, 6.45) is 2.76. The van der Waals surface area contributed by atoms with Gasteiger partial charge in [-0.05, 0) is 36.8 Å². The number of nitrogens with zero attached hydrogens (tertiary/aromatic N) is 1. The second-order valence-electron chi connectivity index (χ2n) is 4.57. The monoisotopic (exact) mass is 292 g/mol. The largest absolute Gasteiger partial charge is 0.439 e. The van der Waals surface area contributed by atoms with Crippen molar-refractivity contribution >= 4 is 9.84 Å². The van der Waals surface area contributed by atoms with Crippen molar-refractivity contribution < 1.29 is 13.2 Å². The minimum Gasteiger partial charge on any atom is -0.439 e.